The van der Waals surface area contributed by atoms with E-state index in [4.69, 9.17) is 9.47 Å². The molecule has 1 aromatic carbocycles. The highest BCUT2D eigenvalue weighted by atomic mass is 16.5. The van der Waals surface area contributed by atoms with Gasteiger partial charge in [0, 0.05) is 66.2 Å². The van der Waals surface area contributed by atoms with Gasteiger partial charge in [0.05, 0.1) is 5.69 Å². The van der Waals surface area contributed by atoms with E-state index in [0.717, 1.165) is 90.1 Å². The van der Waals surface area contributed by atoms with Gasteiger partial charge in [0.15, 0.2) is 5.96 Å². The highest BCUT2D eigenvalue weighted by molar-refractivity contribution is 5.80. The smallest absolute Gasteiger partial charge is 0.193 e. The Morgan fingerprint density at radius 2 is 1.96 bits per heavy atom. The van der Waals surface area contributed by atoms with Crippen LogP contribution in [0.25, 0.3) is 0 Å². The molecule has 28 heavy (non-hydrogen) atoms. The third-order valence-corrected chi connectivity index (χ3v) is 5.46. The number of benzene rings is 1. The van der Waals surface area contributed by atoms with Gasteiger partial charge in [-0.25, -0.2) is 0 Å². The second-order valence-electron chi connectivity index (χ2n) is 7.42. The summed E-state index contributed by atoms with van der Waals surface area (Å²) < 4.78 is 11.2. The lowest BCUT2D eigenvalue weighted by Crippen LogP contribution is -2.52. The predicted octanol–water partition coefficient (Wildman–Crippen LogP) is 1.92. The summed E-state index contributed by atoms with van der Waals surface area (Å²) in [5.41, 5.74) is 0.909. The summed E-state index contributed by atoms with van der Waals surface area (Å²) >= 11 is 0. The van der Waals surface area contributed by atoms with E-state index in [9.17, 15) is 5.11 Å². The first-order valence-corrected chi connectivity index (χ1v) is 10.4. The van der Waals surface area contributed by atoms with Crippen LogP contribution in [-0.2, 0) is 9.47 Å². The molecule has 2 N–H and O–H groups in total. The first kappa shape index (κ1) is 20.7. The Hall–Kier alpha value is -1.99. The third kappa shape index (κ3) is 6.01. The van der Waals surface area contributed by atoms with Crippen molar-refractivity contribution in [3.8, 4) is 5.75 Å². The number of nitrogens with zero attached hydrogens (tertiary/aromatic N) is 3. The van der Waals surface area contributed by atoms with Crippen LogP contribution in [-0.4, -0.2) is 82.2 Å². The molecule has 0 saturated carbocycles. The summed E-state index contributed by atoms with van der Waals surface area (Å²) in [6, 6.07) is 7.53. The van der Waals surface area contributed by atoms with Crippen LogP contribution >= 0.6 is 0 Å². The van der Waals surface area contributed by atoms with Crippen LogP contribution in [0, 0.1) is 5.92 Å². The van der Waals surface area contributed by atoms with E-state index in [2.05, 4.69) is 20.1 Å². The zero-order valence-corrected chi connectivity index (χ0v) is 17.0. The number of anilines is 1. The summed E-state index contributed by atoms with van der Waals surface area (Å²) in [6.07, 6.45) is 3.22. The minimum absolute atomic E-state index is 0.346. The molecule has 2 saturated heterocycles. The van der Waals surface area contributed by atoms with Crippen LogP contribution in [0.1, 0.15) is 19.3 Å². The Labute approximate surface area is 168 Å². The number of ether oxygens (including phenoxy) is 2. The molecule has 0 unspecified atom stereocenters. The summed E-state index contributed by atoms with van der Waals surface area (Å²) in [5, 5.41) is 13.5. The van der Waals surface area contributed by atoms with Gasteiger partial charge in [-0.1, -0.05) is 12.1 Å². The fourth-order valence-electron chi connectivity index (χ4n) is 3.76. The molecule has 0 amide bonds. The highest BCUT2D eigenvalue weighted by Crippen LogP contribution is 2.27. The Morgan fingerprint density at radius 3 is 2.68 bits per heavy atom. The molecule has 0 spiro atoms. The van der Waals surface area contributed by atoms with Gasteiger partial charge >= 0.3 is 0 Å². The molecule has 0 aromatic heterocycles. The number of phenolic OH excluding ortho intramolecular Hbond substituents is 1. The minimum Gasteiger partial charge on any atom is -0.506 e. The van der Waals surface area contributed by atoms with Crippen molar-refractivity contribution in [1.29, 1.82) is 0 Å². The fraction of sp³-hybridized carbons (Fsp3) is 0.667. The molecule has 0 bridgehead atoms. The number of guanidine groups is 1. The standard InChI is InChI=1S/C21H34N4O3/c1-22-21(23-9-4-14-28-17-18-7-15-27-16-8-18)25-12-10-24(11-13-25)19-5-2-3-6-20(19)26/h2-3,5-6,18,26H,4,7-17H2,1H3,(H,22,23). The molecular formula is C21H34N4O3. The maximum atomic E-state index is 10.0. The summed E-state index contributed by atoms with van der Waals surface area (Å²) in [5.74, 6) is 1.95. The Kier molecular flexibility index (Phi) is 8.23. The van der Waals surface area contributed by atoms with Gasteiger partial charge < -0.3 is 29.7 Å². The number of para-hydroxylation sites is 2. The number of phenols is 1. The molecule has 1 aromatic rings. The van der Waals surface area contributed by atoms with Crippen LogP contribution in [0.5, 0.6) is 5.75 Å². The van der Waals surface area contributed by atoms with Crippen LogP contribution in [0.3, 0.4) is 0 Å². The van der Waals surface area contributed by atoms with Crippen molar-refractivity contribution in [2.24, 2.45) is 10.9 Å². The monoisotopic (exact) mass is 390 g/mol. The molecule has 2 aliphatic rings. The number of rotatable bonds is 7. The molecule has 2 aliphatic heterocycles. The van der Waals surface area contributed by atoms with E-state index in [1.54, 1.807) is 6.07 Å². The van der Waals surface area contributed by atoms with E-state index in [1.807, 2.05) is 25.2 Å². The largest absolute Gasteiger partial charge is 0.506 e. The lowest BCUT2D eigenvalue weighted by Gasteiger charge is -2.37. The number of nitrogens with one attached hydrogen (secondary N) is 1. The predicted molar refractivity (Wildman–Crippen MR) is 112 cm³/mol. The maximum absolute atomic E-state index is 10.0. The molecular weight excluding hydrogens is 356 g/mol. The first-order valence-electron chi connectivity index (χ1n) is 10.4. The number of hydrogen-bond donors (Lipinski definition) is 2. The summed E-state index contributed by atoms with van der Waals surface area (Å²) in [6.45, 7) is 7.75. The number of hydrogen-bond acceptors (Lipinski definition) is 5. The van der Waals surface area contributed by atoms with Gasteiger partial charge in [-0.2, -0.15) is 0 Å². The molecule has 2 fully saturated rings. The Bertz CT molecular complexity index is 611. The van der Waals surface area contributed by atoms with Crippen molar-refractivity contribution in [2.75, 3.05) is 71.1 Å². The normalized spacial score (nSPS) is 19.1. The van der Waals surface area contributed by atoms with E-state index < -0.39 is 0 Å². The molecule has 156 valence electrons. The van der Waals surface area contributed by atoms with Crippen molar-refractivity contribution < 1.29 is 14.6 Å². The Balaban J connectivity index is 1.32. The van der Waals surface area contributed by atoms with Crippen molar-refractivity contribution in [1.82, 2.24) is 10.2 Å². The topological polar surface area (TPSA) is 69.6 Å². The van der Waals surface area contributed by atoms with E-state index in [0.29, 0.717) is 11.7 Å². The van der Waals surface area contributed by atoms with Gasteiger partial charge in [-0.3, -0.25) is 4.99 Å². The molecule has 2 heterocycles. The first-order chi connectivity index (χ1) is 13.8. The van der Waals surface area contributed by atoms with Crippen molar-refractivity contribution >= 4 is 11.6 Å². The maximum Gasteiger partial charge on any atom is 0.193 e. The molecule has 7 heteroatoms. The minimum atomic E-state index is 0.346. The average molecular weight is 391 g/mol. The SMILES string of the molecule is CN=C(NCCCOCC1CCOCC1)N1CCN(c2ccccc2O)CC1. The quantitative estimate of drug-likeness (QED) is 0.421. The Morgan fingerprint density at radius 1 is 1.21 bits per heavy atom. The van der Waals surface area contributed by atoms with Crippen LogP contribution in [0.2, 0.25) is 0 Å². The third-order valence-electron chi connectivity index (χ3n) is 5.46. The van der Waals surface area contributed by atoms with Crippen LogP contribution < -0.4 is 10.2 Å². The second kappa shape index (κ2) is 11.1. The zero-order chi connectivity index (χ0) is 19.6. The summed E-state index contributed by atoms with van der Waals surface area (Å²) in [7, 11) is 1.83. The van der Waals surface area contributed by atoms with Crippen molar-refractivity contribution in [3.63, 3.8) is 0 Å². The number of piperazine rings is 1. The molecule has 0 atom stereocenters. The second-order valence-corrected chi connectivity index (χ2v) is 7.42. The van der Waals surface area contributed by atoms with E-state index in [-0.39, 0.29) is 0 Å². The van der Waals surface area contributed by atoms with Crippen LogP contribution in [0.4, 0.5) is 5.69 Å². The highest BCUT2D eigenvalue weighted by Gasteiger charge is 2.21. The number of aromatic hydroxyl groups is 1. The summed E-state index contributed by atoms with van der Waals surface area (Å²) in [4.78, 5) is 8.93. The van der Waals surface area contributed by atoms with Gasteiger partial charge in [-0.05, 0) is 37.3 Å². The van der Waals surface area contributed by atoms with Crippen molar-refractivity contribution in [2.45, 2.75) is 19.3 Å². The lowest BCUT2D eigenvalue weighted by molar-refractivity contribution is 0.0203. The average Bonchev–Trinajstić information content (AvgIpc) is 2.75. The van der Waals surface area contributed by atoms with E-state index in [1.165, 1.54) is 0 Å². The zero-order valence-electron chi connectivity index (χ0n) is 17.0. The number of aliphatic imine (C=N–C) groups is 1. The molecule has 7 nitrogen and oxygen atoms in total. The molecule has 0 radical (unpaired) electrons. The van der Waals surface area contributed by atoms with Crippen LogP contribution in [0.15, 0.2) is 29.3 Å². The molecule has 3 rings (SSSR count). The van der Waals surface area contributed by atoms with Crippen molar-refractivity contribution in [3.05, 3.63) is 24.3 Å². The fourth-order valence-corrected chi connectivity index (χ4v) is 3.76. The molecule has 0 aliphatic carbocycles. The van der Waals surface area contributed by atoms with Gasteiger partial charge in [0.2, 0.25) is 0 Å². The van der Waals surface area contributed by atoms with E-state index >= 15 is 0 Å². The van der Waals surface area contributed by atoms with Gasteiger partial charge in [0.1, 0.15) is 5.75 Å². The lowest BCUT2D eigenvalue weighted by atomic mass is 10.0. The van der Waals surface area contributed by atoms with Gasteiger partial charge in [0.25, 0.3) is 0 Å². The van der Waals surface area contributed by atoms with Gasteiger partial charge in [-0.15, -0.1) is 0 Å².